The van der Waals surface area contributed by atoms with E-state index in [0.29, 0.717) is 6.54 Å². The lowest BCUT2D eigenvalue weighted by Crippen LogP contribution is -2.38. The SMILES string of the molecule is CCCCNC(=NCc1nnc(C)n1C)NCCCCC(C)C.I. The molecule has 0 saturated heterocycles. The Kier molecular flexibility index (Phi) is 13.0. The van der Waals surface area contributed by atoms with Gasteiger partial charge in [0.05, 0.1) is 0 Å². The number of aromatic nitrogens is 3. The summed E-state index contributed by atoms with van der Waals surface area (Å²) in [6.07, 6.45) is 6.05. The number of nitrogens with one attached hydrogen (secondary N) is 2. The molecule has 0 spiro atoms. The first-order valence-corrected chi connectivity index (χ1v) is 8.91. The lowest BCUT2D eigenvalue weighted by Gasteiger charge is -2.12. The predicted octanol–water partition coefficient (Wildman–Crippen LogP) is 3.40. The van der Waals surface area contributed by atoms with E-state index in [2.05, 4.69) is 46.6 Å². The van der Waals surface area contributed by atoms with Crippen LogP contribution in [0, 0.1) is 12.8 Å². The van der Waals surface area contributed by atoms with Gasteiger partial charge < -0.3 is 15.2 Å². The van der Waals surface area contributed by atoms with Crippen LogP contribution in [-0.4, -0.2) is 33.8 Å². The van der Waals surface area contributed by atoms with Gasteiger partial charge in [-0.2, -0.15) is 0 Å². The van der Waals surface area contributed by atoms with Crippen LogP contribution in [0.1, 0.15) is 64.5 Å². The fourth-order valence-corrected chi connectivity index (χ4v) is 2.18. The Morgan fingerprint density at radius 1 is 1.12 bits per heavy atom. The summed E-state index contributed by atoms with van der Waals surface area (Å²) >= 11 is 0. The van der Waals surface area contributed by atoms with Crippen LogP contribution in [-0.2, 0) is 13.6 Å². The second-order valence-corrected chi connectivity index (χ2v) is 6.48. The van der Waals surface area contributed by atoms with Gasteiger partial charge in [0.1, 0.15) is 12.4 Å². The first-order chi connectivity index (χ1) is 11.0. The Balaban J connectivity index is 0.00000529. The quantitative estimate of drug-likeness (QED) is 0.248. The number of guanidine groups is 1. The third-order valence-corrected chi connectivity index (χ3v) is 3.88. The largest absolute Gasteiger partial charge is 0.356 e. The van der Waals surface area contributed by atoms with Crippen molar-refractivity contribution in [2.24, 2.45) is 18.0 Å². The molecule has 6 nitrogen and oxygen atoms in total. The monoisotopic (exact) mass is 450 g/mol. The number of hydrogen-bond donors (Lipinski definition) is 2. The first kappa shape index (κ1) is 23.1. The zero-order valence-electron chi connectivity index (χ0n) is 15.9. The van der Waals surface area contributed by atoms with Gasteiger partial charge in [-0.25, -0.2) is 4.99 Å². The average Bonchev–Trinajstić information content (AvgIpc) is 2.83. The molecule has 1 aromatic heterocycles. The summed E-state index contributed by atoms with van der Waals surface area (Å²) in [6, 6.07) is 0. The van der Waals surface area contributed by atoms with Gasteiger partial charge in [0.25, 0.3) is 0 Å². The number of aliphatic imine (C=N–C) groups is 1. The van der Waals surface area contributed by atoms with E-state index in [0.717, 1.165) is 43.0 Å². The first-order valence-electron chi connectivity index (χ1n) is 8.91. The van der Waals surface area contributed by atoms with E-state index < -0.39 is 0 Å². The van der Waals surface area contributed by atoms with E-state index in [1.807, 2.05) is 18.5 Å². The fourth-order valence-electron chi connectivity index (χ4n) is 2.18. The standard InChI is InChI=1S/C17H34N6.HI/c1-6-7-11-18-17(19-12-9-8-10-14(2)3)20-13-16-22-21-15(4)23(16)5;/h14H,6-13H2,1-5H3,(H2,18,19,20);1H. The molecule has 24 heavy (non-hydrogen) atoms. The molecular formula is C17H35IN6. The van der Waals surface area contributed by atoms with E-state index in [1.165, 1.54) is 25.7 Å². The van der Waals surface area contributed by atoms with Crippen LogP contribution in [0.4, 0.5) is 0 Å². The van der Waals surface area contributed by atoms with Crippen molar-refractivity contribution in [1.29, 1.82) is 0 Å². The van der Waals surface area contributed by atoms with Crippen molar-refractivity contribution in [2.75, 3.05) is 13.1 Å². The molecule has 7 heteroatoms. The highest BCUT2D eigenvalue weighted by molar-refractivity contribution is 14.0. The highest BCUT2D eigenvalue weighted by Crippen LogP contribution is 2.05. The highest BCUT2D eigenvalue weighted by Gasteiger charge is 2.05. The second kappa shape index (κ2) is 13.4. The molecule has 0 fully saturated rings. The molecule has 0 unspecified atom stereocenters. The number of aryl methyl sites for hydroxylation is 1. The Labute approximate surface area is 164 Å². The number of nitrogens with zero attached hydrogens (tertiary/aromatic N) is 4. The van der Waals surface area contributed by atoms with E-state index in [4.69, 9.17) is 0 Å². The minimum atomic E-state index is 0. The third kappa shape index (κ3) is 9.44. The van der Waals surface area contributed by atoms with E-state index in [1.54, 1.807) is 0 Å². The zero-order valence-corrected chi connectivity index (χ0v) is 18.3. The van der Waals surface area contributed by atoms with Crippen LogP contribution in [0.2, 0.25) is 0 Å². The van der Waals surface area contributed by atoms with Crippen molar-refractivity contribution in [2.45, 2.75) is 66.3 Å². The van der Waals surface area contributed by atoms with Gasteiger partial charge in [-0.1, -0.05) is 40.0 Å². The fraction of sp³-hybridized carbons (Fsp3) is 0.824. The molecular weight excluding hydrogens is 415 g/mol. The molecule has 0 aliphatic heterocycles. The van der Waals surface area contributed by atoms with Crippen molar-refractivity contribution >= 4 is 29.9 Å². The van der Waals surface area contributed by atoms with Gasteiger partial charge in [0.15, 0.2) is 11.8 Å². The van der Waals surface area contributed by atoms with Gasteiger partial charge >= 0.3 is 0 Å². The molecule has 1 rings (SSSR count). The minimum Gasteiger partial charge on any atom is -0.356 e. The summed E-state index contributed by atoms with van der Waals surface area (Å²) < 4.78 is 1.98. The number of hydrogen-bond acceptors (Lipinski definition) is 3. The van der Waals surface area contributed by atoms with Gasteiger partial charge in [0, 0.05) is 20.1 Å². The van der Waals surface area contributed by atoms with Gasteiger partial charge in [0.2, 0.25) is 0 Å². The summed E-state index contributed by atoms with van der Waals surface area (Å²) in [5, 5.41) is 15.1. The van der Waals surface area contributed by atoms with Crippen LogP contribution >= 0.6 is 24.0 Å². The minimum absolute atomic E-state index is 0. The molecule has 0 aromatic carbocycles. The number of rotatable bonds is 10. The maximum atomic E-state index is 4.64. The highest BCUT2D eigenvalue weighted by atomic mass is 127. The summed E-state index contributed by atoms with van der Waals surface area (Å²) in [4.78, 5) is 4.64. The molecule has 0 aliphatic rings. The third-order valence-electron chi connectivity index (χ3n) is 3.88. The summed E-state index contributed by atoms with van der Waals surface area (Å²) in [6.45, 7) is 11.2. The summed E-state index contributed by atoms with van der Waals surface area (Å²) in [5.74, 6) is 3.46. The molecule has 0 amide bonds. The molecule has 0 saturated carbocycles. The van der Waals surface area contributed by atoms with Crippen molar-refractivity contribution < 1.29 is 0 Å². The van der Waals surface area contributed by atoms with Crippen LogP contribution in [0.15, 0.2) is 4.99 Å². The summed E-state index contributed by atoms with van der Waals surface area (Å²) in [7, 11) is 1.98. The number of halogens is 1. The lowest BCUT2D eigenvalue weighted by molar-refractivity contribution is 0.534. The van der Waals surface area contributed by atoms with E-state index in [9.17, 15) is 0 Å². The van der Waals surface area contributed by atoms with Crippen molar-refractivity contribution in [3.05, 3.63) is 11.6 Å². The number of unbranched alkanes of at least 4 members (excludes halogenated alkanes) is 2. The van der Waals surface area contributed by atoms with Crippen molar-refractivity contribution in [3.8, 4) is 0 Å². The van der Waals surface area contributed by atoms with Crippen molar-refractivity contribution in [1.82, 2.24) is 25.4 Å². The Morgan fingerprint density at radius 2 is 1.79 bits per heavy atom. The van der Waals surface area contributed by atoms with Gasteiger partial charge in [-0.3, -0.25) is 0 Å². The van der Waals surface area contributed by atoms with Crippen LogP contribution in [0.3, 0.4) is 0 Å². The van der Waals surface area contributed by atoms with E-state index >= 15 is 0 Å². The second-order valence-electron chi connectivity index (χ2n) is 6.48. The Morgan fingerprint density at radius 3 is 2.33 bits per heavy atom. The van der Waals surface area contributed by atoms with E-state index in [-0.39, 0.29) is 24.0 Å². The maximum Gasteiger partial charge on any atom is 0.191 e. The molecule has 140 valence electrons. The topological polar surface area (TPSA) is 67.1 Å². The van der Waals surface area contributed by atoms with Crippen LogP contribution in [0.5, 0.6) is 0 Å². The van der Waals surface area contributed by atoms with Crippen molar-refractivity contribution in [3.63, 3.8) is 0 Å². The van der Waals surface area contributed by atoms with Gasteiger partial charge in [-0.15, -0.1) is 34.2 Å². The maximum absolute atomic E-state index is 4.64. The average molecular weight is 450 g/mol. The normalized spacial score (nSPS) is 11.5. The smallest absolute Gasteiger partial charge is 0.191 e. The lowest BCUT2D eigenvalue weighted by atomic mass is 10.1. The predicted molar refractivity (Wildman–Crippen MR) is 112 cm³/mol. The van der Waals surface area contributed by atoms with Crippen LogP contribution < -0.4 is 10.6 Å². The van der Waals surface area contributed by atoms with Crippen LogP contribution in [0.25, 0.3) is 0 Å². The molecule has 0 atom stereocenters. The van der Waals surface area contributed by atoms with Gasteiger partial charge in [-0.05, 0) is 25.7 Å². The molecule has 1 aromatic rings. The molecule has 0 radical (unpaired) electrons. The summed E-state index contributed by atoms with van der Waals surface area (Å²) in [5.41, 5.74) is 0. The Bertz CT molecular complexity index is 470. The molecule has 0 bridgehead atoms. The molecule has 0 aliphatic carbocycles. The zero-order chi connectivity index (χ0) is 17.1. The Hall–Kier alpha value is -0.860. The molecule has 2 N–H and O–H groups in total. The molecule has 1 heterocycles.